The van der Waals surface area contributed by atoms with E-state index in [1.807, 2.05) is 0 Å². The molecule has 0 aliphatic carbocycles. The minimum atomic E-state index is -1.12. The second-order valence-corrected chi connectivity index (χ2v) is 12.0. The Labute approximate surface area is 244 Å². The lowest BCUT2D eigenvalue weighted by atomic mass is 10.00. The molecule has 0 aromatic rings. The lowest BCUT2D eigenvalue weighted by Crippen LogP contribution is -2.54. The SMILES string of the molecule is CC(C)[C@H](NC(=O)[C@@H](NC(=O)CCCCCCCC(=O)N[C@H](C(=O)N[C@H](C(=O)O)C(C)C)C(C)C)C(C)C)C(=O)O. The van der Waals surface area contributed by atoms with Crippen LogP contribution in [0, 0.1) is 23.7 Å². The Morgan fingerprint density at radius 2 is 0.707 bits per heavy atom. The zero-order valence-electron chi connectivity index (χ0n) is 25.9. The highest BCUT2D eigenvalue weighted by molar-refractivity contribution is 5.91. The molecular weight excluding hydrogens is 532 g/mol. The van der Waals surface area contributed by atoms with E-state index in [4.69, 9.17) is 0 Å². The van der Waals surface area contributed by atoms with Crippen LogP contribution in [0.25, 0.3) is 0 Å². The molecule has 0 saturated heterocycles. The molecule has 236 valence electrons. The fourth-order valence-electron chi connectivity index (χ4n) is 4.18. The van der Waals surface area contributed by atoms with Crippen LogP contribution < -0.4 is 21.3 Å². The van der Waals surface area contributed by atoms with Gasteiger partial charge < -0.3 is 31.5 Å². The summed E-state index contributed by atoms with van der Waals surface area (Å²) in [5.41, 5.74) is 0. The molecule has 0 radical (unpaired) electrons. The van der Waals surface area contributed by atoms with Gasteiger partial charge in [0.2, 0.25) is 23.6 Å². The molecule has 12 heteroatoms. The van der Waals surface area contributed by atoms with Gasteiger partial charge in [0.05, 0.1) is 0 Å². The quantitative estimate of drug-likeness (QED) is 0.118. The van der Waals surface area contributed by atoms with Crippen LogP contribution in [-0.2, 0) is 28.8 Å². The highest BCUT2D eigenvalue weighted by atomic mass is 16.4. The summed E-state index contributed by atoms with van der Waals surface area (Å²) in [7, 11) is 0. The monoisotopic (exact) mass is 584 g/mol. The highest BCUT2D eigenvalue weighted by Gasteiger charge is 2.31. The number of carbonyl (C=O) groups excluding carboxylic acids is 4. The molecule has 0 aromatic heterocycles. The summed E-state index contributed by atoms with van der Waals surface area (Å²) in [6, 6.07) is -3.74. The van der Waals surface area contributed by atoms with Gasteiger partial charge in [-0.05, 0) is 36.5 Å². The van der Waals surface area contributed by atoms with Gasteiger partial charge in [-0.25, -0.2) is 9.59 Å². The van der Waals surface area contributed by atoms with Gasteiger partial charge >= 0.3 is 11.9 Å². The average Bonchev–Trinajstić information content (AvgIpc) is 2.85. The molecule has 4 amide bonds. The number of carbonyl (C=O) groups is 6. The predicted molar refractivity (Wildman–Crippen MR) is 155 cm³/mol. The van der Waals surface area contributed by atoms with Crippen molar-refractivity contribution in [3.05, 3.63) is 0 Å². The topological polar surface area (TPSA) is 191 Å². The first-order chi connectivity index (χ1) is 19.0. The smallest absolute Gasteiger partial charge is 0.326 e. The summed E-state index contributed by atoms with van der Waals surface area (Å²) >= 11 is 0. The van der Waals surface area contributed by atoms with Gasteiger partial charge in [-0.2, -0.15) is 0 Å². The lowest BCUT2D eigenvalue weighted by molar-refractivity contribution is -0.144. The number of amides is 4. The first-order valence-corrected chi connectivity index (χ1v) is 14.6. The summed E-state index contributed by atoms with van der Waals surface area (Å²) < 4.78 is 0. The summed E-state index contributed by atoms with van der Waals surface area (Å²) in [5.74, 6) is -4.90. The first-order valence-electron chi connectivity index (χ1n) is 14.6. The number of aliphatic carboxylic acids is 2. The van der Waals surface area contributed by atoms with Crippen molar-refractivity contribution >= 4 is 35.6 Å². The molecule has 0 aromatic carbocycles. The van der Waals surface area contributed by atoms with Gasteiger partial charge in [-0.15, -0.1) is 0 Å². The van der Waals surface area contributed by atoms with Crippen molar-refractivity contribution < 1.29 is 39.0 Å². The number of rotatable bonds is 20. The third-order valence-electron chi connectivity index (χ3n) is 6.80. The fraction of sp³-hybridized carbons (Fsp3) is 0.793. The van der Waals surface area contributed by atoms with E-state index in [0.717, 1.165) is 19.3 Å². The van der Waals surface area contributed by atoms with Gasteiger partial charge in [0.25, 0.3) is 0 Å². The van der Waals surface area contributed by atoms with Crippen molar-refractivity contribution in [2.75, 3.05) is 0 Å². The molecule has 0 rings (SSSR count). The molecule has 0 heterocycles. The Kier molecular flexibility index (Phi) is 17.6. The summed E-state index contributed by atoms with van der Waals surface area (Å²) in [6.45, 7) is 13.9. The zero-order valence-corrected chi connectivity index (χ0v) is 25.9. The maximum absolute atomic E-state index is 12.6. The zero-order chi connectivity index (χ0) is 31.9. The Morgan fingerprint density at radius 3 is 0.951 bits per heavy atom. The maximum atomic E-state index is 12.6. The molecule has 0 aliphatic rings. The van der Waals surface area contributed by atoms with Crippen molar-refractivity contribution in [2.24, 2.45) is 23.7 Å². The van der Waals surface area contributed by atoms with E-state index in [-0.39, 0.29) is 48.3 Å². The van der Waals surface area contributed by atoms with Gasteiger partial charge in [-0.1, -0.05) is 74.7 Å². The van der Waals surface area contributed by atoms with Crippen molar-refractivity contribution in [2.45, 2.75) is 125 Å². The van der Waals surface area contributed by atoms with E-state index in [1.54, 1.807) is 55.4 Å². The Morgan fingerprint density at radius 1 is 0.439 bits per heavy atom. The van der Waals surface area contributed by atoms with E-state index in [0.29, 0.717) is 12.8 Å². The van der Waals surface area contributed by atoms with E-state index in [9.17, 15) is 39.0 Å². The Hall–Kier alpha value is -3.18. The predicted octanol–water partition coefficient (Wildman–Crippen LogP) is 2.45. The third-order valence-corrected chi connectivity index (χ3v) is 6.80. The standard InChI is InChI=1S/C29H52N4O8/c1-16(2)22(26(36)32-24(18(5)6)28(38)39)30-20(34)14-12-10-9-11-13-15-21(35)31-23(17(3)4)27(37)33-25(19(7)8)29(40)41/h16-19,22-25H,9-15H2,1-8H3,(H,30,34)(H,31,35)(H,32,36)(H,33,37)(H,38,39)(H,40,41)/t22-,23-,24-,25-/m0/s1. The second-order valence-electron chi connectivity index (χ2n) is 12.0. The highest BCUT2D eigenvalue weighted by Crippen LogP contribution is 2.11. The molecule has 0 bridgehead atoms. The van der Waals surface area contributed by atoms with Gasteiger partial charge in [0.15, 0.2) is 0 Å². The van der Waals surface area contributed by atoms with Gasteiger partial charge in [-0.3, -0.25) is 19.2 Å². The Bertz CT molecular complexity index is 818. The van der Waals surface area contributed by atoms with Crippen molar-refractivity contribution in [1.29, 1.82) is 0 Å². The minimum absolute atomic E-state index is 0.220. The maximum Gasteiger partial charge on any atom is 0.326 e. The number of carboxylic acid groups (broad SMARTS) is 2. The lowest BCUT2D eigenvalue weighted by Gasteiger charge is -2.25. The molecule has 0 saturated carbocycles. The number of carboxylic acids is 2. The number of hydrogen-bond donors (Lipinski definition) is 6. The van der Waals surface area contributed by atoms with E-state index in [2.05, 4.69) is 21.3 Å². The molecule has 0 spiro atoms. The van der Waals surface area contributed by atoms with E-state index in [1.165, 1.54) is 0 Å². The van der Waals surface area contributed by atoms with Crippen LogP contribution in [0.4, 0.5) is 0 Å². The van der Waals surface area contributed by atoms with Crippen LogP contribution in [-0.4, -0.2) is 69.9 Å². The first kappa shape index (κ1) is 37.8. The normalized spacial score (nSPS) is 14.3. The van der Waals surface area contributed by atoms with Crippen LogP contribution >= 0.6 is 0 Å². The molecule has 0 fully saturated rings. The van der Waals surface area contributed by atoms with Crippen LogP contribution in [0.15, 0.2) is 0 Å². The molecule has 4 atom stereocenters. The molecule has 12 nitrogen and oxygen atoms in total. The van der Waals surface area contributed by atoms with Gasteiger partial charge in [0, 0.05) is 12.8 Å². The van der Waals surface area contributed by atoms with Crippen LogP contribution in [0.2, 0.25) is 0 Å². The number of nitrogens with one attached hydrogen (secondary N) is 4. The van der Waals surface area contributed by atoms with Crippen molar-refractivity contribution in [3.63, 3.8) is 0 Å². The molecular formula is C29H52N4O8. The van der Waals surface area contributed by atoms with Crippen molar-refractivity contribution in [3.8, 4) is 0 Å². The molecule has 0 unspecified atom stereocenters. The minimum Gasteiger partial charge on any atom is -0.480 e. The van der Waals surface area contributed by atoms with Gasteiger partial charge in [0.1, 0.15) is 24.2 Å². The summed E-state index contributed by atoms with van der Waals surface area (Å²) in [6.07, 6.45) is 3.96. The van der Waals surface area contributed by atoms with Crippen molar-refractivity contribution in [1.82, 2.24) is 21.3 Å². The molecule has 6 N–H and O–H groups in total. The molecule has 0 aliphatic heterocycles. The van der Waals surface area contributed by atoms with E-state index >= 15 is 0 Å². The van der Waals surface area contributed by atoms with Crippen LogP contribution in [0.1, 0.15) is 100 Å². The second kappa shape index (κ2) is 19.0. The number of hydrogen-bond acceptors (Lipinski definition) is 6. The fourth-order valence-corrected chi connectivity index (χ4v) is 4.18. The third kappa shape index (κ3) is 14.9. The number of unbranched alkanes of at least 4 members (excludes halogenated alkanes) is 4. The average molecular weight is 585 g/mol. The molecule has 41 heavy (non-hydrogen) atoms. The largest absolute Gasteiger partial charge is 0.480 e. The van der Waals surface area contributed by atoms with Crippen LogP contribution in [0.5, 0.6) is 0 Å². The van der Waals surface area contributed by atoms with Crippen LogP contribution in [0.3, 0.4) is 0 Å². The summed E-state index contributed by atoms with van der Waals surface area (Å²) in [5, 5.41) is 29.1. The Balaban J connectivity index is 4.49. The summed E-state index contributed by atoms with van der Waals surface area (Å²) in [4.78, 5) is 72.9. The van der Waals surface area contributed by atoms with E-state index < -0.39 is 47.9 Å².